The molecule has 3 rings (SSSR count). The molecule has 21 heavy (non-hydrogen) atoms. The number of phenolic OH excluding ortho intramolecular Hbond substituents is 1. The maximum Gasteiger partial charge on any atom is 0.257 e. The molecule has 2 aliphatic rings. The SMILES string of the molecule is Cc1cccc(C(=O)N2CCC(C3CCCN3)CC2)c1O. The summed E-state index contributed by atoms with van der Waals surface area (Å²) in [5, 5.41) is 13.6. The maximum absolute atomic E-state index is 12.6. The third-order valence-electron chi connectivity index (χ3n) is 4.96. The van der Waals surface area contributed by atoms with Crippen molar-refractivity contribution in [2.75, 3.05) is 19.6 Å². The molecular weight excluding hydrogens is 264 g/mol. The quantitative estimate of drug-likeness (QED) is 0.878. The summed E-state index contributed by atoms with van der Waals surface area (Å²) in [5.74, 6) is 0.791. The van der Waals surface area contributed by atoms with Gasteiger partial charge in [-0.1, -0.05) is 12.1 Å². The van der Waals surface area contributed by atoms with Crippen molar-refractivity contribution in [2.45, 2.75) is 38.6 Å². The zero-order chi connectivity index (χ0) is 14.8. The molecular formula is C17H24N2O2. The number of likely N-dealkylation sites (tertiary alicyclic amines) is 1. The number of aryl methyl sites for hydroxylation is 1. The molecule has 4 nitrogen and oxygen atoms in total. The number of amides is 1. The van der Waals surface area contributed by atoms with Crippen LogP contribution < -0.4 is 5.32 Å². The van der Waals surface area contributed by atoms with E-state index in [1.807, 2.05) is 24.0 Å². The van der Waals surface area contributed by atoms with Gasteiger partial charge in [-0.2, -0.15) is 0 Å². The van der Waals surface area contributed by atoms with Gasteiger partial charge in [-0.25, -0.2) is 0 Å². The first kappa shape index (κ1) is 14.4. The minimum absolute atomic E-state index is 0.0333. The minimum Gasteiger partial charge on any atom is -0.507 e. The molecule has 0 radical (unpaired) electrons. The molecule has 114 valence electrons. The molecule has 2 heterocycles. The highest BCUT2D eigenvalue weighted by Crippen LogP contribution is 2.28. The van der Waals surface area contributed by atoms with Crippen LogP contribution in [0.2, 0.25) is 0 Å². The van der Waals surface area contributed by atoms with Gasteiger partial charge in [0.1, 0.15) is 5.75 Å². The molecule has 2 fully saturated rings. The van der Waals surface area contributed by atoms with Gasteiger partial charge in [0.05, 0.1) is 5.56 Å². The van der Waals surface area contributed by atoms with E-state index in [0.717, 1.165) is 38.0 Å². The van der Waals surface area contributed by atoms with Crippen molar-refractivity contribution in [3.05, 3.63) is 29.3 Å². The molecule has 1 unspecified atom stereocenters. The summed E-state index contributed by atoms with van der Waals surface area (Å²) in [4.78, 5) is 14.4. The zero-order valence-corrected chi connectivity index (χ0v) is 12.6. The Balaban J connectivity index is 1.63. The Kier molecular flexibility index (Phi) is 4.15. The van der Waals surface area contributed by atoms with Crippen molar-refractivity contribution in [2.24, 2.45) is 5.92 Å². The summed E-state index contributed by atoms with van der Waals surface area (Å²) in [5.41, 5.74) is 1.19. The normalized spacial score (nSPS) is 23.5. The predicted molar refractivity (Wildman–Crippen MR) is 82.5 cm³/mol. The van der Waals surface area contributed by atoms with Crippen molar-refractivity contribution in [3.63, 3.8) is 0 Å². The Labute approximate surface area is 126 Å². The topological polar surface area (TPSA) is 52.6 Å². The van der Waals surface area contributed by atoms with Crippen molar-refractivity contribution in [1.29, 1.82) is 0 Å². The van der Waals surface area contributed by atoms with Gasteiger partial charge in [0.25, 0.3) is 5.91 Å². The molecule has 0 aromatic heterocycles. The second-order valence-electron chi connectivity index (χ2n) is 6.30. The fourth-order valence-electron chi connectivity index (χ4n) is 3.62. The summed E-state index contributed by atoms with van der Waals surface area (Å²) in [7, 11) is 0. The number of para-hydroxylation sites is 1. The van der Waals surface area contributed by atoms with Crippen LogP contribution in [-0.2, 0) is 0 Å². The number of hydrogen-bond donors (Lipinski definition) is 2. The van der Waals surface area contributed by atoms with Crippen LogP contribution in [0.3, 0.4) is 0 Å². The van der Waals surface area contributed by atoms with Crippen LogP contribution in [0.1, 0.15) is 41.6 Å². The number of benzene rings is 1. The number of nitrogens with zero attached hydrogens (tertiary/aromatic N) is 1. The fraction of sp³-hybridized carbons (Fsp3) is 0.588. The Morgan fingerprint density at radius 3 is 2.71 bits per heavy atom. The number of nitrogens with one attached hydrogen (secondary N) is 1. The highest BCUT2D eigenvalue weighted by atomic mass is 16.3. The summed E-state index contributed by atoms with van der Waals surface area (Å²) in [6.45, 7) is 4.56. The lowest BCUT2D eigenvalue weighted by molar-refractivity contribution is 0.0671. The molecule has 1 aromatic carbocycles. The second kappa shape index (κ2) is 6.06. The number of piperidine rings is 1. The molecule has 0 bridgehead atoms. The third kappa shape index (κ3) is 2.91. The first-order chi connectivity index (χ1) is 10.2. The van der Waals surface area contributed by atoms with Crippen molar-refractivity contribution < 1.29 is 9.90 Å². The van der Waals surface area contributed by atoms with E-state index < -0.39 is 0 Å². The first-order valence-corrected chi connectivity index (χ1v) is 7.98. The molecule has 2 aliphatic heterocycles. The number of carbonyl (C=O) groups is 1. The van der Waals surface area contributed by atoms with E-state index in [9.17, 15) is 9.90 Å². The van der Waals surface area contributed by atoms with Gasteiger partial charge < -0.3 is 15.3 Å². The van der Waals surface area contributed by atoms with Gasteiger partial charge in [-0.05, 0) is 56.7 Å². The van der Waals surface area contributed by atoms with Crippen LogP contribution in [0.4, 0.5) is 0 Å². The van der Waals surface area contributed by atoms with Crippen molar-refractivity contribution >= 4 is 5.91 Å². The lowest BCUT2D eigenvalue weighted by Crippen LogP contribution is -2.43. The van der Waals surface area contributed by atoms with Crippen molar-refractivity contribution in [1.82, 2.24) is 10.2 Å². The van der Waals surface area contributed by atoms with Crippen LogP contribution in [0, 0.1) is 12.8 Å². The highest BCUT2D eigenvalue weighted by Gasteiger charge is 2.30. The molecule has 0 saturated carbocycles. The van der Waals surface area contributed by atoms with E-state index in [-0.39, 0.29) is 11.7 Å². The van der Waals surface area contributed by atoms with E-state index in [4.69, 9.17) is 0 Å². The van der Waals surface area contributed by atoms with Crippen LogP contribution >= 0.6 is 0 Å². The maximum atomic E-state index is 12.6. The number of carbonyl (C=O) groups excluding carboxylic acids is 1. The van der Waals surface area contributed by atoms with Crippen LogP contribution in [0.5, 0.6) is 5.75 Å². The second-order valence-corrected chi connectivity index (χ2v) is 6.30. The number of rotatable bonds is 2. The minimum atomic E-state index is -0.0333. The first-order valence-electron chi connectivity index (χ1n) is 7.98. The third-order valence-corrected chi connectivity index (χ3v) is 4.96. The monoisotopic (exact) mass is 288 g/mol. The standard InChI is InChI=1S/C17H24N2O2/c1-12-4-2-5-14(16(12)20)17(21)19-10-7-13(8-11-19)15-6-3-9-18-15/h2,4-5,13,15,18,20H,3,6-11H2,1H3. The number of hydrogen-bond acceptors (Lipinski definition) is 3. The molecule has 0 spiro atoms. The smallest absolute Gasteiger partial charge is 0.257 e. The Morgan fingerprint density at radius 2 is 2.05 bits per heavy atom. The van der Waals surface area contributed by atoms with E-state index in [0.29, 0.717) is 17.5 Å². The van der Waals surface area contributed by atoms with E-state index in [1.165, 1.54) is 12.8 Å². The van der Waals surface area contributed by atoms with Gasteiger partial charge in [-0.15, -0.1) is 0 Å². The largest absolute Gasteiger partial charge is 0.507 e. The van der Waals surface area contributed by atoms with Gasteiger partial charge in [0.2, 0.25) is 0 Å². The van der Waals surface area contributed by atoms with E-state index in [1.54, 1.807) is 6.07 Å². The summed E-state index contributed by atoms with van der Waals surface area (Å²) >= 11 is 0. The average molecular weight is 288 g/mol. The molecule has 2 saturated heterocycles. The molecule has 0 aliphatic carbocycles. The van der Waals surface area contributed by atoms with Gasteiger partial charge >= 0.3 is 0 Å². The fourth-order valence-corrected chi connectivity index (χ4v) is 3.62. The predicted octanol–water partition coefficient (Wildman–Crippen LogP) is 2.30. The van der Waals surface area contributed by atoms with Gasteiger partial charge in [0.15, 0.2) is 0 Å². The Bertz CT molecular complexity index is 516. The van der Waals surface area contributed by atoms with Gasteiger partial charge in [-0.3, -0.25) is 4.79 Å². The van der Waals surface area contributed by atoms with Crippen LogP contribution in [-0.4, -0.2) is 41.6 Å². The lowest BCUT2D eigenvalue weighted by atomic mass is 9.88. The molecule has 2 N–H and O–H groups in total. The lowest BCUT2D eigenvalue weighted by Gasteiger charge is -2.35. The summed E-state index contributed by atoms with van der Waals surface area (Å²) < 4.78 is 0. The Hall–Kier alpha value is -1.55. The number of aromatic hydroxyl groups is 1. The Morgan fingerprint density at radius 1 is 1.29 bits per heavy atom. The highest BCUT2D eigenvalue weighted by molar-refractivity contribution is 5.97. The summed E-state index contributed by atoms with van der Waals surface area (Å²) in [6, 6.07) is 6.02. The molecule has 1 amide bonds. The van der Waals surface area contributed by atoms with Crippen LogP contribution in [0.25, 0.3) is 0 Å². The molecule has 4 heteroatoms. The zero-order valence-electron chi connectivity index (χ0n) is 12.6. The van der Waals surface area contributed by atoms with Crippen LogP contribution in [0.15, 0.2) is 18.2 Å². The van der Waals surface area contributed by atoms with E-state index >= 15 is 0 Å². The summed E-state index contributed by atoms with van der Waals surface area (Å²) in [6.07, 6.45) is 4.68. The van der Waals surface area contributed by atoms with Gasteiger partial charge in [0, 0.05) is 19.1 Å². The molecule has 1 atom stereocenters. The van der Waals surface area contributed by atoms with Crippen molar-refractivity contribution in [3.8, 4) is 5.75 Å². The molecule has 1 aromatic rings. The average Bonchev–Trinajstić information content (AvgIpc) is 3.04. The number of phenols is 1. The van der Waals surface area contributed by atoms with E-state index in [2.05, 4.69) is 5.32 Å².